The third-order valence-corrected chi connectivity index (χ3v) is 18.3. The van der Waals surface area contributed by atoms with Gasteiger partial charge in [0, 0.05) is 99.7 Å². The highest BCUT2D eigenvalue weighted by atomic mass is 33.4. The molecule has 0 aliphatic rings. The minimum Gasteiger partial charge on any atom is -0.224 e. The molecule has 0 unspecified atom stereocenters. The Labute approximate surface area is 157 Å². The van der Waals surface area contributed by atoms with Crippen LogP contribution in [0.5, 0.6) is 0 Å². The van der Waals surface area contributed by atoms with Crippen LogP contribution in [0.4, 0.5) is 0 Å². The van der Waals surface area contributed by atoms with Crippen molar-refractivity contribution in [1.29, 1.82) is 0 Å². The number of sulfone groups is 1. The van der Waals surface area contributed by atoms with Gasteiger partial charge in [0.15, 0.2) is 9.84 Å². The summed E-state index contributed by atoms with van der Waals surface area (Å²) in [4.78, 5) is 0.378. The molecular weight excluding hydrogens is 481 g/mol. The van der Waals surface area contributed by atoms with Crippen LogP contribution in [0.15, 0.2) is 29.2 Å². The van der Waals surface area contributed by atoms with Gasteiger partial charge in [0.2, 0.25) is 0 Å². The van der Waals surface area contributed by atoms with E-state index in [0.29, 0.717) is 4.90 Å². The molecule has 0 heterocycles. The second-order valence-electron chi connectivity index (χ2n) is 3.13. The molecule has 1 aromatic rings. The van der Waals surface area contributed by atoms with Gasteiger partial charge in [-0.15, -0.1) is 0 Å². The molecule has 0 aliphatic heterocycles. The average molecular weight is 491 g/mol. The SMILES string of the molecule is Cc1ccc(S(C)(=O)=O)cc1.S=S=S=S=S=S=S=S=S=S. The highest BCUT2D eigenvalue weighted by Crippen LogP contribution is 2.08. The number of aryl methyl sites for hydroxylation is 1. The Morgan fingerprint density at radius 1 is 0.810 bits per heavy atom. The predicted molar refractivity (Wildman–Crippen MR) is 118 cm³/mol. The molecule has 0 N–H and O–H groups in total. The Morgan fingerprint density at radius 3 is 1.52 bits per heavy atom. The van der Waals surface area contributed by atoms with Crippen LogP contribution in [0, 0.1) is 6.92 Å². The Morgan fingerprint density at radius 2 is 1.19 bits per heavy atom. The van der Waals surface area contributed by atoms with Gasteiger partial charge in [-0.3, -0.25) is 0 Å². The molecule has 0 saturated carbocycles. The number of rotatable bonds is 1. The van der Waals surface area contributed by atoms with Crippen molar-refractivity contribution in [2.45, 2.75) is 11.8 Å². The van der Waals surface area contributed by atoms with Gasteiger partial charge < -0.3 is 0 Å². The number of benzene rings is 1. The van der Waals surface area contributed by atoms with E-state index in [4.69, 9.17) is 0 Å². The molecule has 0 bridgehead atoms. The summed E-state index contributed by atoms with van der Waals surface area (Å²) in [6.07, 6.45) is 1.21. The minimum atomic E-state index is -3.02. The second kappa shape index (κ2) is 13.8. The zero-order chi connectivity index (χ0) is 16.1. The Balaban J connectivity index is 0.000000384. The molecule has 2 nitrogen and oxygen atoms in total. The van der Waals surface area contributed by atoms with Crippen LogP contribution in [0.1, 0.15) is 5.56 Å². The molecule has 1 rings (SSSR count). The first-order valence-electron chi connectivity index (χ1n) is 4.77. The molecule has 120 valence electrons. The van der Waals surface area contributed by atoms with Gasteiger partial charge in [0.1, 0.15) is 0 Å². The highest BCUT2D eigenvalue weighted by molar-refractivity contribution is 8.73. The summed E-state index contributed by atoms with van der Waals surface area (Å²) in [6, 6.07) is 6.81. The van der Waals surface area contributed by atoms with E-state index >= 15 is 0 Å². The van der Waals surface area contributed by atoms with Crippen LogP contribution in [0.3, 0.4) is 0 Å². The molecule has 0 aliphatic carbocycles. The van der Waals surface area contributed by atoms with E-state index in [-0.39, 0.29) is 0 Å². The minimum absolute atomic E-state index is 0.378. The smallest absolute Gasteiger partial charge is 0.175 e. The standard InChI is InChI=1S/C8H10O2S.S10/c1-7-3-5-8(6-4-7)11(2,9)10;1-3-5-7-9-10-8-6-4-2/h3-6H,1-2H3;. The molecule has 0 radical (unpaired) electrons. The van der Waals surface area contributed by atoms with Crippen LogP contribution >= 0.6 is 0 Å². The molecule has 0 amide bonds. The molecular formula is C8H10O2S11. The first kappa shape index (κ1) is 22.4. The van der Waals surface area contributed by atoms with Crippen LogP contribution in [-0.4, -0.2) is 14.7 Å². The van der Waals surface area contributed by atoms with Crippen molar-refractivity contribution in [1.82, 2.24) is 0 Å². The van der Waals surface area contributed by atoms with Gasteiger partial charge >= 0.3 is 0 Å². The van der Waals surface area contributed by atoms with E-state index in [1.165, 1.54) is 24.0 Å². The first-order valence-corrected chi connectivity index (χ1v) is 18.7. The first-order chi connectivity index (χ1) is 9.91. The van der Waals surface area contributed by atoms with Gasteiger partial charge in [-0.1, -0.05) is 17.7 Å². The number of hydrogen-bond acceptors (Lipinski definition) is 4. The summed E-state index contributed by atoms with van der Waals surface area (Å²) in [5, 5.41) is 0. The second-order valence-corrected chi connectivity index (χ2v) is 19.3. The third-order valence-electron chi connectivity index (χ3n) is 1.64. The van der Waals surface area contributed by atoms with E-state index < -0.39 is 9.84 Å². The van der Waals surface area contributed by atoms with Crippen LogP contribution in [-0.2, 0) is 103 Å². The summed E-state index contributed by atoms with van der Waals surface area (Å²) < 4.78 is 21.9. The molecule has 0 aromatic heterocycles. The van der Waals surface area contributed by atoms with E-state index in [2.05, 4.69) is 22.4 Å². The molecule has 1 aromatic carbocycles. The summed E-state index contributed by atoms with van der Waals surface area (Å²) in [6.45, 7) is 1.92. The molecule has 0 atom stereocenters. The van der Waals surface area contributed by atoms with E-state index in [9.17, 15) is 8.42 Å². The lowest BCUT2D eigenvalue weighted by Crippen LogP contribution is -1.95. The zero-order valence-electron chi connectivity index (χ0n) is 10.6. The lowest BCUT2D eigenvalue weighted by atomic mass is 10.2. The normalized spacial score (nSPS) is 9.24. The highest BCUT2D eigenvalue weighted by Gasteiger charge is 2.04. The van der Waals surface area contributed by atoms with Crippen LogP contribution in [0.2, 0.25) is 0 Å². The van der Waals surface area contributed by atoms with Crippen molar-refractivity contribution in [3.63, 3.8) is 0 Å². The monoisotopic (exact) mass is 490 g/mol. The van der Waals surface area contributed by atoms with E-state index in [0.717, 1.165) is 5.56 Å². The fraction of sp³-hybridized carbons (Fsp3) is 0.250. The summed E-state index contributed by atoms with van der Waals surface area (Å²) in [7, 11) is 9.67. The Hall–Kier alpha value is 1.37. The van der Waals surface area contributed by atoms with Crippen molar-refractivity contribution < 1.29 is 8.42 Å². The largest absolute Gasteiger partial charge is 0.224 e. The van der Waals surface area contributed by atoms with Gasteiger partial charge in [-0.25, -0.2) is 8.42 Å². The van der Waals surface area contributed by atoms with Crippen molar-refractivity contribution in [3.8, 4) is 0 Å². The zero-order valence-corrected chi connectivity index (χ0v) is 19.6. The van der Waals surface area contributed by atoms with Crippen LogP contribution in [0.25, 0.3) is 0 Å². The third kappa shape index (κ3) is 13.5. The summed E-state index contributed by atoms with van der Waals surface area (Å²) >= 11 is 9.31. The topological polar surface area (TPSA) is 34.1 Å². The Kier molecular flexibility index (Phi) is 14.7. The fourth-order valence-corrected chi connectivity index (χ4v) is 17.9. The predicted octanol–water partition coefficient (Wildman–Crippen LogP) is 1.37. The molecule has 13 heteroatoms. The molecule has 0 spiro atoms. The number of hydrogen-bond donors (Lipinski definition) is 0. The van der Waals surface area contributed by atoms with Crippen LogP contribution < -0.4 is 0 Å². The molecule has 0 fully saturated rings. The maximum Gasteiger partial charge on any atom is 0.175 e. The maximum atomic E-state index is 10.9. The summed E-state index contributed by atoms with van der Waals surface area (Å²) in [5.74, 6) is 0. The quantitative estimate of drug-likeness (QED) is 0.596. The van der Waals surface area contributed by atoms with Crippen molar-refractivity contribution in [2.24, 2.45) is 0 Å². The molecule has 0 saturated heterocycles. The lowest BCUT2D eigenvalue weighted by molar-refractivity contribution is 0.602. The van der Waals surface area contributed by atoms with E-state index in [1.807, 2.05) is 6.92 Å². The van der Waals surface area contributed by atoms with E-state index in [1.54, 1.807) is 77.5 Å². The maximum absolute atomic E-state index is 10.9. The van der Waals surface area contributed by atoms with Gasteiger partial charge in [0.25, 0.3) is 0 Å². The lowest BCUT2D eigenvalue weighted by Gasteiger charge is -1.96. The fourth-order valence-electron chi connectivity index (χ4n) is 0.854. The average Bonchev–Trinajstić information content (AvgIpc) is 2.43. The van der Waals surface area contributed by atoms with Gasteiger partial charge in [0.05, 0.1) is 4.90 Å². The van der Waals surface area contributed by atoms with Crippen molar-refractivity contribution in [2.75, 3.05) is 6.26 Å². The molecule has 21 heavy (non-hydrogen) atoms. The van der Waals surface area contributed by atoms with Crippen molar-refractivity contribution >= 4 is 103 Å². The Bertz CT molecular complexity index is 841. The van der Waals surface area contributed by atoms with Crippen molar-refractivity contribution in [3.05, 3.63) is 29.8 Å². The van der Waals surface area contributed by atoms with Gasteiger partial charge in [-0.2, -0.15) is 0 Å². The summed E-state index contributed by atoms with van der Waals surface area (Å²) in [5.41, 5.74) is 1.07. The van der Waals surface area contributed by atoms with Gasteiger partial charge in [-0.05, 0) is 19.1 Å².